The second kappa shape index (κ2) is 6.89. The van der Waals surface area contributed by atoms with Gasteiger partial charge in [-0.1, -0.05) is 6.07 Å². The van der Waals surface area contributed by atoms with Crippen molar-refractivity contribution in [3.8, 4) is 0 Å². The molecule has 0 heterocycles. The largest absolute Gasteiger partial charge is 0.480 e. The number of anilines is 1. The van der Waals surface area contributed by atoms with Crippen molar-refractivity contribution in [2.75, 3.05) is 5.32 Å². The van der Waals surface area contributed by atoms with Gasteiger partial charge in [-0.25, -0.2) is 9.59 Å². The minimum Gasteiger partial charge on any atom is -0.480 e. The summed E-state index contributed by atoms with van der Waals surface area (Å²) in [7, 11) is 0. The number of hydrogen-bond acceptors (Lipinski definition) is 4. The molecule has 1 rings (SSSR count). The molecular formula is C12H14N4O5. The van der Waals surface area contributed by atoms with Crippen LogP contribution in [0.15, 0.2) is 24.3 Å². The molecule has 112 valence electrons. The van der Waals surface area contributed by atoms with Gasteiger partial charge >= 0.3 is 12.0 Å². The molecule has 0 unspecified atom stereocenters. The summed E-state index contributed by atoms with van der Waals surface area (Å²) in [6, 6.07) is 3.46. The van der Waals surface area contributed by atoms with Gasteiger partial charge in [-0.05, 0) is 18.2 Å². The van der Waals surface area contributed by atoms with Crippen LogP contribution in [-0.2, 0) is 9.59 Å². The van der Waals surface area contributed by atoms with Crippen LogP contribution in [-0.4, -0.2) is 35.0 Å². The molecule has 0 fully saturated rings. The predicted octanol–water partition coefficient (Wildman–Crippen LogP) is -0.764. The molecule has 0 aliphatic heterocycles. The van der Waals surface area contributed by atoms with Gasteiger partial charge in [-0.15, -0.1) is 0 Å². The topological polar surface area (TPSA) is 165 Å². The molecule has 0 bridgehead atoms. The van der Waals surface area contributed by atoms with Crippen molar-refractivity contribution < 1.29 is 24.3 Å². The molecule has 1 aromatic carbocycles. The zero-order chi connectivity index (χ0) is 16.0. The third kappa shape index (κ3) is 5.19. The Bertz CT molecular complexity index is 587. The molecule has 0 saturated heterocycles. The average molecular weight is 294 g/mol. The number of benzene rings is 1. The van der Waals surface area contributed by atoms with Gasteiger partial charge in [0.2, 0.25) is 11.8 Å². The first-order valence-corrected chi connectivity index (χ1v) is 5.78. The zero-order valence-electron chi connectivity index (χ0n) is 10.8. The number of rotatable bonds is 6. The normalized spacial score (nSPS) is 11.2. The molecule has 21 heavy (non-hydrogen) atoms. The van der Waals surface area contributed by atoms with Crippen LogP contribution in [0.3, 0.4) is 0 Å². The number of nitrogens with one attached hydrogen (secondary N) is 2. The van der Waals surface area contributed by atoms with E-state index in [1.54, 1.807) is 0 Å². The van der Waals surface area contributed by atoms with Crippen molar-refractivity contribution in [2.24, 2.45) is 11.5 Å². The van der Waals surface area contributed by atoms with Crippen molar-refractivity contribution >= 4 is 29.5 Å². The SMILES string of the molecule is NC(=O)C[C@@H](NC(=O)Nc1cccc(C(N)=O)c1)C(=O)O. The quantitative estimate of drug-likeness (QED) is 0.464. The van der Waals surface area contributed by atoms with Crippen LogP contribution < -0.4 is 22.1 Å². The van der Waals surface area contributed by atoms with E-state index in [0.717, 1.165) is 0 Å². The van der Waals surface area contributed by atoms with Crippen LogP contribution in [0.1, 0.15) is 16.8 Å². The number of carbonyl (C=O) groups is 4. The fourth-order valence-corrected chi connectivity index (χ4v) is 1.48. The fourth-order valence-electron chi connectivity index (χ4n) is 1.48. The lowest BCUT2D eigenvalue weighted by Gasteiger charge is -2.13. The molecule has 4 amide bonds. The van der Waals surface area contributed by atoms with Gasteiger partial charge in [0, 0.05) is 11.3 Å². The highest BCUT2D eigenvalue weighted by Gasteiger charge is 2.22. The first kappa shape index (κ1) is 16.0. The first-order chi connectivity index (χ1) is 9.79. The second-order valence-electron chi connectivity index (χ2n) is 4.10. The van der Waals surface area contributed by atoms with E-state index >= 15 is 0 Å². The summed E-state index contributed by atoms with van der Waals surface area (Å²) >= 11 is 0. The minimum atomic E-state index is -1.44. The van der Waals surface area contributed by atoms with E-state index in [-0.39, 0.29) is 11.3 Å². The summed E-state index contributed by atoms with van der Waals surface area (Å²) in [5, 5.41) is 13.2. The summed E-state index contributed by atoms with van der Waals surface area (Å²) in [4.78, 5) is 44.2. The molecule has 0 radical (unpaired) electrons. The van der Waals surface area contributed by atoms with E-state index in [1.807, 2.05) is 0 Å². The zero-order valence-corrected chi connectivity index (χ0v) is 10.8. The lowest BCUT2D eigenvalue weighted by atomic mass is 10.2. The monoisotopic (exact) mass is 294 g/mol. The Kier molecular flexibility index (Phi) is 5.24. The van der Waals surface area contributed by atoms with Gasteiger partial charge in [0.05, 0.1) is 6.42 Å². The number of aliphatic carboxylic acids is 1. The molecule has 0 spiro atoms. The summed E-state index contributed by atoms with van der Waals surface area (Å²) in [5.74, 6) is -2.93. The van der Waals surface area contributed by atoms with E-state index in [9.17, 15) is 19.2 Å². The maximum absolute atomic E-state index is 11.6. The second-order valence-corrected chi connectivity index (χ2v) is 4.10. The standard InChI is InChI=1S/C12H14N4O5/c13-9(17)5-8(11(19)20)16-12(21)15-7-3-1-2-6(4-7)10(14)18/h1-4,8H,5H2,(H2,13,17)(H2,14,18)(H,19,20)(H2,15,16,21)/t8-/m1/s1. The van der Waals surface area contributed by atoms with Crippen molar-refractivity contribution in [3.05, 3.63) is 29.8 Å². The van der Waals surface area contributed by atoms with E-state index in [2.05, 4.69) is 10.6 Å². The molecule has 0 aliphatic rings. The molecule has 0 saturated carbocycles. The van der Waals surface area contributed by atoms with Gasteiger partial charge in [0.25, 0.3) is 0 Å². The molecular weight excluding hydrogens is 280 g/mol. The highest BCUT2D eigenvalue weighted by atomic mass is 16.4. The Balaban J connectivity index is 2.72. The number of carboxylic acid groups (broad SMARTS) is 1. The van der Waals surface area contributed by atoms with Crippen molar-refractivity contribution in [3.63, 3.8) is 0 Å². The summed E-state index contributed by atoms with van der Waals surface area (Å²) < 4.78 is 0. The predicted molar refractivity (Wildman–Crippen MR) is 72.3 cm³/mol. The molecule has 1 atom stereocenters. The highest BCUT2D eigenvalue weighted by molar-refractivity contribution is 5.97. The van der Waals surface area contributed by atoms with E-state index in [0.29, 0.717) is 0 Å². The molecule has 0 aromatic heterocycles. The lowest BCUT2D eigenvalue weighted by Crippen LogP contribution is -2.45. The Hall–Kier alpha value is -3.10. The van der Waals surface area contributed by atoms with Gasteiger partial charge in [-0.2, -0.15) is 0 Å². The molecule has 9 nitrogen and oxygen atoms in total. The van der Waals surface area contributed by atoms with Gasteiger partial charge in [-0.3, -0.25) is 9.59 Å². The Labute approximate surface area is 119 Å². The highest BCUT2D eigenvalue weighted by Crippen LogP contribution is 2.10. The summed E-state index contributed by atoms with van der Waals surface area (Å²) in [5.41, 5.74) is 10.4. The van der Waals surface area contributed by atoms with Crippen LogP contribution in [0.4, 0.5) is 10.5 Å². The maximum atomic E-state index is 11.6. The molecule has 9 heteroatoms. The van der Waals surface area contributed by atoms with Gasteiger partial charge < -0.3 is 27.2 Å². The van der Waals surface area contributed by atoms with Crippen LogP contribution >= 0.6 is 0 Å². The van der Waals surface area contributed by atoms with Crippen LogP contribution in [0.5, 0.6) is 0 Å². The number of amides is 4. The van der Waals surface area contributed by atoms with Gasteiger partial charge in [0.15, 0.2) is 0 Å². The smallest absolute Gasteiger partial charge is 0.326 e. The van der Waals surface area contributed by atoms with Crippen LogP contribution in [0, 0.1) is 0 Å². The third-order valence-electron chi connectivity index (χ3n) is 2.41. The number of nitrogens with two attached hydrogens (primary N) is 2. The minimum absolute atomic E-state index is 0.180. The van der Waals surface area contributed by atoms with Crippen molar-refractivity contribution in [1.82, 2.24) is 5.32 Å². The van der Waals surface area contributed by atoms with E-state index in [1.165, 1.54) is 24.3 Å². The number of carbonyl (C=O) groups excluding carboxylic acids is 3. The summed E-state index contributed by atoms with van der Waals surface area (Å²) in [6.45, 7) is 0. The van der Waals surface area contributed by atoms with Crippen LogP contribution in [0.2, 0.25) is 0 Å². The number of hydrogen-bond donors (Lipinski definition) is 5. The summed E-state index contributed by atoms with van der Waals surface area (Å²) in [6.07, 6.45) is -0.538. The average Bonchev–Trinajstić information content (AvgIpc) is 2.37. The third-order valence-corrected chi connectivity index (χ3v) is 2.41. The maximum Gasteiger partial charge on any atom is 0.326 e. The molecule has 7 N–H and O–H groups in total. The lowest BCUT2D eigenvalue weighted by molar-refractivity contribution is -0.140. The van der Waals surface area contributed by atoms with E-state index < -0.39 is 36.3 Å². The van der Waals surface area contributed by atoms with Crippen LogP contribution in [0.25, 0.3) is 0 Å². The number of urea groups is 1. The Morgan fingerprint density at radius 2 is 1.86 bits per heavy atom. The molecule has 0 aliphatic carbocycles. The Morgan fingerprint density at radius 3 is 2.38 bits per heavy atom. The molecule has 1 aromatic rings. The fraction of sp³-hybridized carbons (Fsp3) is 0.167. The number of primary amides is 2. The Morgan fingerprint density at radius 1 is 1.19 bits per heavy atom. The number of carboxylic acids is 1. The van der Waals surface area contributed by atoms with E-state index in [4.69, 9.17) is 16.6 Å². The van der Waals surface area contributed by atoms with Gasteiger partial charge in [0.1, 0.15) is 6.04 Å². The first-order valence-electron chi connectivity index (χ1n) is 5.78. The van der Waals surface area contributed by atoms with Crippen molar-refractivity contribution in [1.29, 1.82) is 0 Å². The van der Waals surface area contributed by atoms with Crippen molar-refractivity contribution in [2.45, 2.75) is 12.5 Å².